The highest BCUT2D eigenvalue weighted by Gasteiger charge is 2.18. The number of nitrogens with one attached hydrogen (secondary N) is 2. The van der Waals surface area contributed by atoms with E-state index in [1.54, 1.807) is 7.11 Å². The summed E-state index contributed by atoms with van der Waals surface area (Å²) in [6.07, 6.45) is 1.80. The molecule has 0 bridgehead atoms. The maximum Gasteiger partial charge on any atom is 0.251 e. The molecule has 2 aromatic carbocycles. The second-order valence-electron chi connectivity index (χ2n) is 7.00. The van der Waals surface area contributed by atoms with Gasteiger partial charge in [0.2, 0.25) is 10.0 Å². The highest BCUT2D eigenvalue weighted by Crippen LogP contribution is 2.26. The van der Waals surface area contributed by atoms with Gasteiger partial charge in [-0.2, -0.15) is 0 Å². The lowest BCUT2D eigenvalue weighted by atomic mass is 9.96. The molecule has 0 saturated heterocycles. The third-order valence-corrected chi connectivity index (χ3v) is 4.96. The molecule has 2 aromatic rings. The second kappa shape index (κ2) is 9.30. The van der Waals surface area contributed by atoms with E-state index in [1.807, 2.05) is 24.3 Å². The highest BCUT2D eigenvalue weighted by molar-refractivity contribution is 7.92. The molecule has 1 atom stereocenters. The van der Waals surface area contributed by atoms with Crippen molar-refractivity contribution in [3.8, 4) is 5.75 Å². The average Bonchev–Trinajstić information content (AvgIpc) is 2.61. The van der Waals surface area contributed by atoms with E-state index in [0.29, 0.717) is 11.5 Å². The Morgan fingerprint density at radius 3 is 2.29 bits per heavy atom. The Hall–Kier alpha value is -2.25. The van der Waals surface area contributed by atoms with Crippen LogP contribution in [0.3, 0.4) is 0 Å². The van der Waals surface area contributed by atoms with Crippen molar-refractivity contribution in [1.82, 2.24) is 5.32 Å². The fourth-order valence-electron chi connectivity index (χ4n) is 2.77. The number of rotatable bonds is 8. The van der Waals surface area contributed by atoms with Crippen LogP contribution < -0.4 is 14.8 Å². The third kappa shape index (κ3) is 6.42. The molecule has 0 aromatic heterocycles. The lowest BCUT2D eigenvalue weighted by molar-refractivity contribution is 0.0932. The molecule has 0 aliphatic heterocycles. The first-order valence-corrected chi connectivity index (χ1v) is 11.1. The Balaban J connectivity index is 2.21. The Bertz CT molecular complexity index is 928. The lowest BCUT2D eigenvalue weighted by Gasteiger charge is -2.22. The summed E-state index contributed by atoms with van der Waals surface area (Å²) >= 11 is 6.13. The van der Waals surface area contributed by atoms with Crippen molar-refractivity contribution in [3.05, 3.63) is 58.6 Å². The first kappa shape index (κ1) is 22.0. The Morgan fingerprint density at radius 2 is 1.79 bits per heavy atom. The fourth-order valence-corrected chi connectivity index (χ4v) is 3.63. The first-order valence-electron chi connectivity index (χ1n) is 8.81. The molecule has 0 radical (unpaired) electrons. The summed E-state index contributed by atoms with van der Waals surface area (Å²) in [5.41, 5.74) is 1.56. The van der Waals surface area contributed by atoms with Crippen molar-refractivity contribution in [3.63, 3.8) is 0 Å². The average molecular weight is 425 g/mol. The molecule has 2 rings (SSSR count). The number of ether oxygens (including phenoxy) is 1. The largest absolute Gasteiger partial charge is 0.497 e. The predicted molar refractivity (Wildman–Crippen MR) is 113 cm³/mol. The molecule has 28 heavy (non-hydrogen) atoms. The smallest absolute Gasteiger partial charge is 0.251 e. The minimum atomic E-state index is -3.45. The van der Waals surface area contributed by atoms with Gasteiger partial charge < -0.3 is 10.1 Å². The molecular formula is C20H25ClN2O4S. The Morgan fingerprint density at radius 1 is 1.14 bits per heavy atom. The van der Waals surface area contributed by atoms with E-state index in [0.717, 1.165) is 24.0 Å². The first-order chi connectivity index (χ1) is 13.1. The number of carbonyl (C=O) groups is 1. The van der Waals surface area contributed by atoms with Crippen LogP contribution in [0.1, 0.15) is 42.2 Å². The van der Waals surface area contributed by atoms with E-state index in [9.17, 15) is 13.2 Å². The summed E-state index contributed by atoms with van der Waals surface area (Å²) in [6, 6.07) is 11.9. The summed E-state index contributed by atoms with van der Waals surface area (Å²) in [4.78, 5) is 12.7. The predicted octanol–water partition coefficient (Wildman–Crippen LogP) is 4.24. The van der Waals surface area contributed by atoms with E-state index < -0.39 is 10.0 Å². The summed E-state index contributed by atoms with van der Waals surface area (Å²) in [7, 11) is -1.85. The van der Waals surface area contributed by atoms with Crippen LogP contribution in [0, 0.1) is 5.92 Å². The SMILES string of the molecule is COc1ccc([C@@H](CC(C)C)NC(=O)c2ccc(NS(C)(=O)=O)c(Cl)c2)cc1. The van der Waals surface area contributed by atoms with Gasteiger partial charge in [0.05, 0.1) is 30.1 Å². The van der Waals surface area contributed by atoms with Crippen molar-refractivity contribution >= 4 is 33.2 Å². The van der Waals surface area contributed by atoms with Crippen LogP contribution in [0.4, 0.5) is 5.69 Å². The number of sulfonamides is 1. The lowest BCUT2D eigenvalue weighted by Crippen LogP contribution is -2.29. The number of halogens is 1. The Kier molecular flexibility index (Phi) is 7.32. The molecule has 0 fully saturated rings. The molecule has 1 amide bonds. The van der Waals surface area contributed by atoms with Crippen molar-refractivity contribution in [2.75, 3.05) is 18.1 Å². The molecule has 0 aliphatic rings. The zero-order valence-corrected chi connectivity index (χ0v) is 17.9. The molecule has 0 unspecified atom stereocenters. The summed E-state index contributed by atoms with van der Waals surface area (Å²) in [6.45, 7) is 4.18. The van der Waals surface area contributed by atoms with E-state index in [4.69, 9.17) is 16.3 Å². The van der Waals surface area contributed by atoms with Gasteiger partial charge in [-0.25, -0.2) is 8.42 Å². The maximum atomic E-state index is 12.7. The monoisotopic (exact) mass is 424 g/mol. The number of amides is 1. The van der Waals surface area contributed by atoms with E-state index in [1.165, 1.54) is 18.2 Å². The molecule has 6 nitrogen and oxygen atoms in total. The van der Waals surface area contributed by atoms with Crippen LogP contribution >= 0.6 is 11.6 Å². The van der Waals surface area contributed by atoms with E-state index >= 15 is 0 Å². The Labute approximate surface area is 171 Å². The van der Waals surface area contributed by atoms with Gasteiger partial charge in [0.15, 0.2) is 0 Å². The van der Waals surface area contributed by atoms with Crippen molar-refractivity contribution in [1.29, 1.82) is 0 Å². The number of anilines is 1. The zero-order chi connectivity index (χ0) is 20.9. The molecule has 0 aliphatic carbocycles. The topological polar surface area (TPSA) is 84.5 Å². The summed E-state index contributed by atoms with van der Waals surface area (Å²) in [5.74, 6) is 0.839. The van der Waals surface area contributed by atoms with Crippen molar-refractivity contribution in [2.45, 2.75) is 26.3 Å². The number of carbonyl (C=O) groups excluding carboxylic acids is 1. The minimum Gasteiger partial charge on any atom is -0.497 e. The van der Waals surface area contributed by atoms with Gasteiger partial charge in [-0.1, -0.05) is 37.6 Å². The van der Waals surface area contributed by atoms with E-state index in [2.05, 4.69) is 23.9 Å². The normalized spacial score (nSPS) is 12.5. The maximum absolute atomic E-state index is 12.7. The van der Waals surface area contributed by atoms with E-state index in [-0.39, 0.29) is 22.7 Å². The summed E-state index contributed by atoms with van der Waals surface area (Å²) < 4.78 is 30.2. The van der Waals surface area contributed by atoms with Crippen LogP contribution in [-0.4, -0.2) is 27.7 Å². The fraction of sp³-hybridized carbons (Fsp3) is 0.350. The quantitative estimate of drug-likeness (QED) is 0.663. The van der Waals surface area contributed by atoms with Crippen LogP contribution in [-0.2, 0) is 10.0 Å². The van der Waals surface area contributed by atoms with Crippen LogP contribution in [0.25, 0.3) is 0 Å². The van der Waals surface area contributed by atoms with Gasteiger partial charge in [-0.3, -0.25) is 9.52 Å². The number of hydrogen-bond acceptors (Lipinski definition) is 4. The third-order valence-electron chi connectivity index (χ3n) is 4.06. The highest BCUT2D eigenvalue weighted by atomic mass is 35.5. The number of hydrogen-bond donors (Lipinski definition) is 2. The molecule has 0 spiro atoms. The number of benzene rings is 2. The summed E-state index contributed by atoms with van der Waals surface area (Å²) in [5, 5.41) is 3.19. The van der Waals surface area contributed by atoms with Crippen LogP contribution in [0.2, 0.25) is 5.02 Å². The molecule has 0 saturated carbocycles. The molecule has 2 N–H and O–H groups in total. The van der Waals surface area contributed by atoms with Crippen LogP contribution in [0.5, 0.6) is 5.75 Å². The molecular weight excluding hydrogens is 400 g/mol. The van der Waals surface area contributed by atoms with Gasteiger partial charge in [0.25, 0.3) is 5.91 Å². The van der Waals surface area contributed by atoms with Gasteiger partial charge >= 0.3 is 0 Å². The van der Waals surface area contributed by atoms with Crippen molar-refractivity contribution < 1.29 is 17.9 Å². The van der Waals surface area contributed by atoms with Crippen LogP contribution in [0.15, 0.2) is 42.5 Å². The second-order valence-corrected chi connectivity index (χ2v) is 9.15. The standard InChI is InChI=1S/C20H25ClN2O4S/c1-13(2)11-19(14-5-8-16(27-3)9-6-14)22-20(24)15-7-10-18(17(21)12-15)23-28(4,25)26/h5-10,12-13,19,23H,11H2,1-4H3,(H,22,24)/t19-/m1/s1. The zero-order valence-electron chi connectivity index (χ0n) is 16.3. The molecule has 0 heterocycles. The van der Waals surface area contributed by atoms with Gasteiger partial charge in [0, 0.05) is 5.56 Å². The van der Waals surface area contributed by atoms with Gasteiger partial charge in [-0.05, 0) is 48.2 Å². The van der Waals surface area contributed by atoms with Gasteiger partial charge in [0.1, 0.15) is 5.75 Å². The minimum absolute atomic E-state index is 0.155. The van der Waals surface area contributed by atoms with Crippen molar-refractivity contribution in [2.24, 2.45) is 5.92 Å². The van der Waals surface area contributed by atoms with Gasteiger partial charge in [-0.15, -0.1) is 0 Å². The molecule has 152 valence electrons. The number of methoxy groups -OCH3 is 1. The molecule has 8 heteroatoms.